The van der Waals surface area contributed by atoms with Crippen LogP contribution in [-0.4, -0.2) is 31.7 Å². The van der Waals surface area contributed by atoms with Crippen molar-refractivity contribution in [3.8, 4) is 0 Å². The van der Waals surface area contributed by atoms with Crippen molar-refractivity contribution in [3.63, 3.8) is 0 Å². The monoisotopic (exact) mass is 316 g/mol. The van der Waals surface area contributed by atoms with E-state index in [4.69, 9.17) is 12.6 Å². The van der Waals surface area contributed by atoms with Crippen molar-refractivity contribution in [2.75, 3.05) is 23.0 Å². The molecule has 5 heteroatoms. The molecule has 0 saturated heterocycles. The van der Waals surface area contributed by atoms with E-state index in [0.29, 0.717) is 4.58 Å². The summed E-state index contributed by atoms with van der Waals surface area (Å²) in [5.74, 6) is 4.45. The van der Waals surface area contributed by atoms with Gasteiger partial charge in [0.05, 0.1) is 8.66 Å². The molecule has 0 fully saturated rings. The largest absolute Gasteiger partial charge is 0.179 e. The molecule has 0 heterocycles. The first-order valence-corrected chi connectivity index (χ1v) is 9.95. The van der Waals surface area contributed by atoms with Gasteiger partial charge in [-0.05, 0) is 30.6 Å². The fourth-order valence-corrected chi connectivity index (χ4v) is 6.32. The van der Waals surface area contributed by atoms with Crippen LogP contribution in [0.1, 0.15) is 33.6 Å². The average Bonchev–Trinajstić information content (AvgIpc) is 2.24. The summed E-state index contributed by atoms with van der Waals surface area (Å²) in [6.45, 7) is 6.72. The summed E-state index contributed by atoms with van der Waals surface area (Å²) >= 11 is 15.2. The van der Waals surface area contributed by atoms with Crippen LogP contribution in [0, 0.1) is 0 Å². The Bertz CT molecular complexity index is 160. The van der Waals surface area contributed by atoms with Gasteiger partial charge >= 0.3 is 0 Å². The number of rotatable bonds is 10. The lowest BCUT2D eigenvalue weighted by molar-refractivity contribution is 0.888. The molecule has 0 nitrogen and oxygen atoms in total. The summed E-state index contributed by atoms with van der Waals surface area (Å²) in [4.78, 5) is 0. The van der Waals surface area contributed by atoms with Gasteiger partial charge in [0.2, 0.25) is 0 Å². The number of unbranched alkanes of at least 4 members (excludes halogenated alkanes) is 1. The smallest absolute Gasteiger partial charge is 0.0762 e. The van der Waals surface area contributed by atoms with Crippen molar-refractivity contribution in [1.29, 1.82) is 0 Å². The Morgan fingerprint density at radius 2 is 1.88 bits per heavy atom. The van der Waals surface area contributed by atoms with E-state index < -0.39 is 0 Å². The van der Waals surface area contributed by atoms with Gasteiger partial charge in [0.25, 0.3) is 0 Å². The molecule has 0 bridgehead atoms. The molecule has 0 aromatic heterocycles. The van der Waals surface area contributed by atoms with Crippen LogP contribution in [0.2, 0.25) is 0 Å². The Morgan fingerprint density at radius 1 is 1.19 bits per heavy atom. The molecule has 0 N–H and O–H groups in total. The first-order chi connectivity index (χ1) is 7.58. The molecule has 2 unspecified atom stereocenters. The second kappa shape index (κ2) is 10.7. The van der Waals surface area contributed by atoms with Crippen LogP contribution in [0.5, 0.6) is 0 Å². The third-order valence-corrected chi connectivity index (χ3v) is 8.28. The highest BCUT2D eigenvalue weighted by Gasteiger charge is 2.31. The van der Waals surface area contributed by atoms with Crippen LogP contribution in [0.4, 0.5) is 0 Å². The zero-order valence-electron chi connectivity index (χ0n) is 10.4. The van der Waals surface area contributed by atoms with E-state index in [-0.39, 0.29) is 4.08 Å². The van der Waals surface area contributed by atoms with Gasteiger partial charge in [-0.25, -0.2) is 0 Å². The standard InChI is InChI=1S/C11H24S5/c1-4-6-8-16-11(3,13)10(14-5-2)15-9-7-12/h10,12-13H,4-9H2,1-3H3. The van der Waals surface area contributed by atoms with Crippen LogP contribution in [0.15, 0.2) is 0 Å². The second-order valence-corrected chi connectivity index (χ2v) is 9.76. The molecule has 0 amide bonds. The van der Waals surface area contributed by atoms with E-state index in [1.807, 2.05) is 35.3 Å². The highest BCUT2D eigenvalue weighted by Crippen LogP contribution is 2.44. The van der Waals surface area contributed by atoms with Gasteiger partial charge in [0.1, 0.15) is 0 Å². The van der Waals surface area contributed by atoms with E-state index in [1.165, 1.54) is 18.6 Å². The van der Waals surface area contributed by atoms with Crippen molar-refractivity contribution < 1.29 is 0 Å². The summed E-state index contributed by atoms with van der Waals surface area (Å²) in [5, 5.41) is 0. The molecule has 2 atom stereocenters. The Morgan fingerprint density at radius 3 is 2.38 bits per heavy atom. The summed E-state index contributed by atoms with van der Waals surface area (Å²) in [6.07, 6.45) is 2.56. The number of hydrogen-bond acceptors (Lipinski definition) is 5. The zero-order valence-corrected chi connectivity index (χ0v) is 14.7. The summed E-state index contributed by atoms with van der Waals surface area (Å²) in [6, 6.07) is 0. The Kier molecular flexibility index (Phi) is 11.8. The van der Waals surface area contributed by atoms with Crippen LogP contribution in [0.3, 0.4) is 0 Å². The molecule has 98 valence electrons. The number of thiol groups is 2. The molecule has 0 radical (unpaired) electrons. The van der Waals surface area contributed by atoms with E-state index in [0.717, 1.165) is 17.3 Å². The van der Waals surface area contributed by atoms with Gasteiger partial charge in [0, 0.05) is 5.75 Å². The summed E-state index contributed by atoms with van der Waals surface area (Å²) < 4.78 is 0.638. The fourth-order valence-electron chi connectivity index (χ4n) is 1.16. The van der Waals surface area contributed by atoms with Gasteiger partial charge < -0.3 is 0 Å². The molecule has 0 spiro atoms. The Labute approximate surface area is 125 Å². The molecule has 0 aromatic carbocycles. The molecular weight excluding hydrogens is 292 g/mol. The van der Waals surface area contributed by atoms with Crippen molar-refractivity contribution in [2.24, 2.45) is 0 Å². The Hall–Kier alpha value is 1.75. The highest BCUT2D eigenvalue weighted by molar-refractivity contribution is 8.21. The number of hydrogen-bond donors (Lipinski definition) is 2. The lowest BCUT2D eigenvalue weighted by Crippen LogP contribution is -2.26. The lowest BCUT2D eigenvalue weighted by atomic mass is 10.4. The van der Waals surface area contributed by atoms with E-state index >= 15 is 0 Å². The zero-order chi connectivity index (χ0) is 12.4. The topological polar surface area (TPSA) is 0 Å². The average molecular weight is 317 g/mol. The highest BCUT2D eigenvalue weighted by atomic mass is 32.2. The molecule has 0 aliphatic heterocycles. The Balaban J connectivity index is 4.12. The molecule has 0 aliphatic rings. The first-order valence-electron chi connectivity index (χ1n) is 5.78. The minimum atomic E-state index is 0.0729. The van der Waals surface area contributed by atoms with Crippen LogP contribution >= 0.6 is 60.5 Å². The predicted molar refractivity (Wildman–Crippen MR) is 93.0 cm³/mol. The van der Waals surface area contributed by atoms with Crippen LogP contribution in [0.25, 0.3) is 0 Å². The minimum Gasteiger partial charge on any atom is -0.179 e. The quantitative estimate of drug-likeness (QED) is 0.334. The van der Waals surface area contributed by atoms with Gasteiger partial charge in [-0.3, -0.25) is 0 Å². The summed E-state index contributed by atoms with van der Waals surface area (Å²) in [5.41, 5.74) is 0. The van der Waals surface area contributed by atoms with E-state index in [2.05, 4.69) is 33.4 Å². The molecular formula is C11H24S5. The van der Waals surface area contributed by atoms with Gasteiger partial charge in [-0.2, -0.15) is 25.3 Å². The lowest BCUT2D eigenvalue weighted by Gasteiger charge is -2.32. The van der Waals surface area contributed by atoms with Gasteiger partial charge in [-0.1, -0.05) is 20.3 Å². The first kappa shape index (κ1) is 17.8. The van der Waals surface area contributed by atoms with Crippen LogP contribution < -0.4 is 0 Å². The van der Waals surface area contributed by atoms with Crippen molar-refractivity contribution in [2.45, 2.75) is 42.3 Å². The van der Waals surface area contributed by atoms with Crippen molar-refractivity contribution in [1.82, 2.24) is 0 Å². The predicted octanol–water partition coefficient (Wildman–Crippen LogP) is 4.91. The summed E-state index contributed by atoms with van der Waals surface area (Å²) in [7, 11) is 0. The van der Waals surface area contributed by atoms with Gasteiger partial charge in [-0.15, -0.1) is 35.3 Å². The third kappa shape index (κ3) is 7.96. The maximum atomic E-state index is 4.86. The molecule has 0 aliphatic carbocycles. The third-order valence-electron chi connectivity index (χ3n) is 2.01. The van der Waals surface area contributed by atoms with Gasteiger partial charge in [0.15, 0.2) is 0 Å². The van der Waals surface area contributed by atoms with Crippen molar-refractivity contribution in [3.05, 3.63) is 0 Å². The minimum absolute atomic E-state index is 0.0729. The van der Waals surface area contributed by atoms with Crippen LogP contribution in [-0.2, 0) is 0 Å². The molecule has 0 saturated carbocycles. The molecule has 0 aromatic rings. The SMILES string of the molecule is CCCCSC(C)(S)C(SCC)SCCS. The molecule has 0 rings (SSSR count). The fraction of sp³-hybridized carbons (Fsp3) is 1.00. The second-order valence-electron chi connectivity index (χ2n) is 3.64. The van der Waals surface area contributed by atoms with E-state index in [9.17, 15) is 0 Å². The maximum Gasteiger partial charge on any atom is 0.0762 e. The van der Waals surface area contributed by atoms with Crippen molar-refractivity contribution >= 4 is 60.5 Å². The maximum absolute atomic E-state index is 4.86. The van der Waals surface area contributed by atoms with E-state index in [1.54, 1.807) is 0 Å². The molecule has 16 heavy (non-hydrogen) atoms. The normalized spacial score (nSPS) is 17.1. The number of thioether (sulfide) groups is 3.